The molecule has 3 aliphatic rings. The number of carbonyl (C=O) groups is 1. The Morgan fingerprint density at radius 2 is 1.87 bits per heavy atom. The molecule has 2 N–H and O–H groups in total. The Morgan fingerprint density at radius 1 is 1.16 bits per heavy atom. The number of nitrogens with zero attached hydrogens (tertiary/aromatic N) is 4. The molecule has 202 valence electrons. The van der Waals surface area contributed by atoms with Crippen LogP contribution in [0.5, 0.6) is 0 Å². The molecule has 0 radical (unpaired) electrons. The number of fused-ring (bicyclic) bond motifs is 1. The molecule has 0 bridgehead atoms. The van der Waals surface area contributed by atoms with Crippen molar-refractivity contribution in [2.45, 2.75) is 57.2 Å². The van der Waals surface area contributed by atoms with Crippen LogP contribution in [0.3, 0.4) is 0 Å². The van der Waals surface area contributed by atoms with Gasteiger partial charge in [0.15, 0.2) is 5.65 Å². The second-order valence-corrected chi connectivity index (χ2v) is 12.0. The molecule has 1 unspecified atom stereocenters. The van der Waals surface area contributed by atoms with Gasteiger partial charge in [0.05, 0.1) is 36.3 Å². The lowest BCUT2D eigenvalue weighted by atomic mass is 9.90. The Balaban J connectivity index is 1.22. The quantitative estimate of drug-likeness (QED) is 0.517. The van der Waals surface area contributed by atoms with Gasteiger partial charge in [-0.25, -0.2) is 4.98 Å². The summed E-state index contributed by atoms with van der Waals surface area (Å²) in [6, 6.07) is 9.65. The molecule has 10 heteroatoms. The van der Waals surface area contributed by atoms with Gasteiger partial charge in [-0.2, -0.15) is 0 Å². The van der Waals surface area contributed by atoms with Gasteiger partial charge >= 0.3 is 0 Å². The van der Waals surface area contributed by atoms with E-state index in [0.29, 0.717) is 55.3 Å². The van der Waals surface area contributed by atoms with Gasteiger partial charge in [0.1, 0.15) is 11.5 Å². The van der Waals surface area contributed by atoms with Gasteiger partial charge in [-0.05, 0) is 56.4 Å². The van der Waals surface area contributed by atoms with Crippen LogP contribution in [0, 0.1) is 5.41 Å². The van der Waals surface area contributed by atoms with Crippen molar-refractivity contribution in [3.8, 4) is 5.69 Å². The highest BCUT2D eigenvalue weighted by molar-refractivity contribution is 6.31. The Labute approximate surface area is 226 Å². The van der Waals surface area contributed by atoms with Gasteiger partial charge in [0, 0.05) is 30.7 Å². The molecule has 2 aromatic heterocycles. The number of likely N-dealkylation sites (tertiary alicyclic amines) is 1. The summed E-state index contributed by atoms with van der Waals surface area (Å²) in [6.07, 6.45) is 4.20. The number of amides is 1. The van der Waals surface area contributed by atoms with Crippen LogP contribution in [-0.4, -0.2) is 68.5 Å². The first-order chi connectivity index (χ1) is 18.1. The lowest BCUT2D eigenvalue weighted by molar-refractivity contribution is -0.141. The number of hydrogen-bond donors (Lipinski definition) is 2. The number of halogens is 1. The third-order valence-corrected chi connectivity index (χ3v) is 8.90. The average molecular weight is 540 g/mol. The normalized spacial score (nSPS) is 24.5. The summed E-state index contributed by atoms with van der Waals surface area (Å²) in [7, 11) is 0. The van der Waals surface area contributed by atoms with Crippen molar-refractivity contribution >= 4 is 28.5 Å². The number of ether oxygens (including phenoxy) is 1. The van der Waals surface area contributed by atoms with E-state index in [0.717, 1.165) is 30.6 Å². The number of hydrogen-bond acceptors (Lipinski definition) is 6. The second-order valence-electron chi connectivity index (χ2n) is 11.7. The minimum absolute atomic E-state index is 0.124. The standard InChI is InChI=1S/C28H34ClN5O4/c1-26(7-8-26)25(36)32-12-9-28(37,10-13-32)16-33-18-30-23-21(24(33)35)15-22(29)34(23)20-5-3-19(4-6-20)27(2)17-38-14-11-31-27/h3-6,15,18,31,37H,7-14,16-17H2,1-2H3. The summed E-state index contributed by atoms with van der Waals surface area (Å²) >= 11 is 6.60. The molecular weight excluding hydrogens is 506 g/mol. The smallest absolute Gasteiger partial charge is 0.262 e. The Hall–Kier alpha value is -2.72. The van der Waals surface area contributed by atoms with Crippen molar-refractivity contribution in [2.75, 3.05) is 32.8 Å². The first kappa shape index (κ1) is 25.6. The number of nitrogens with one attached hydrogen (secondary N) is 1. The van der Waals surface area contributed by atoms with Crippen LogP contribution in [0.25, 0.3) is 16.7 Å². The highest BCUT2D eigenvalue weighted by atomic mass is 35.5. The zero-order chi connectivity index (χ0) is 26.7. The fraction of sp³-hybridized carbons (Fsp3) is 0.536. The van der Waals surface area contributed by atoms with Crippen molar-refractivity contribution in [3.05, 3.63) is 57.7 Å². The molecule has 6 rings (SSSR count). The largest absolute Gasteiger partial charge is 0.388 e. The predicted octanol–water partition coefficient (Wildman–Crippen LogP) is 2.83. The molecule has 1 amide bonds. The summed E-state index contributed by atoms with van der Waals surface area (Å²) in [5.41, 5.74) is 0.586. The maximum Gasteiger partial charge on any atom is 0.262 e. The van der Waals surface area contributed by atoms with Crippen molar-refractivity contribution in [1.82, 2.24) is 24.3 Å². The fourth-order valence-corrected chi connectivity index (χ4v) is 6.01. The molecule has 1 saturated carbocycles. The lowest BCUT2D eigenvalue weighted by Crippen LogP contribution is -2.51. The zero-order valence-electron chi connectivity index (χ0n) is 21.9. The highest BCUT2D eigenvalue weighted by Crippen LogP contribution is 2.47. The molecule has 3 aromatic rings. The van der Waals surface area contributed by atoms with Crippen molar-refractivity contribution in [2.24, 2.45) is 5.41 Å². The SMILES string of the molecule is CC1(C(=O)N2CCC(O)(Cn3cnc4c(cc(Cl)n4-c4ccc(C5(C)COCCN5)cc4)c3=O)CC2)CC1. The molecule has 9 nitrogen and oxygen atoms in total. The van der Waals surface area contributed by atoms with E-state index < -0.39 is 5.60 Å². The number of aliphatic hydroxyl groups is 1. The van der Waals surface area contributed by atoms with Crippen LogP contribution in [0.15, 0.2) is 41.5 Å². The van der Waals surface area contributed by atoms with Gasteiger partial charge in [0.25, 0.3) is 5.56 Å². The topological polar surface area (TPSA) is 102 Å². The van der Waals surface area contributed by atoms with Crippen LogP contribution >= 0.6 is 11.6 Å². The molecule has 4 heterocycles. The molecule has 1 aromatic carbocycles. The van der Waals surface area contributed by atoms with Crippen molar-refractivity contribution < 1.29 is 14.6 Å². The van der Waals surface area contributed by atoms with E-state index in [4.69, 9.17) is 16.3 Å². The second kappa shape index (κ2) is 9.19. The maximum absolute atomic E-state index is 13.4. The van der Waals surface area contributed by atoms with Crippen LogP contribution < -0.4 is 10.9 Å². The Morgan fingerprint density at radius 3 is 2.50 bits per heavy atom. The van der Waals surface area contributed by atoms with Crippen LogP contribution in [0.2, 0.25) is 5.15 Å². The lowest BCUT2D eigenvalue weighted by Gasteiger charge is -2.39. The van der Waals surface area contributed by atoms with Gasteiger partial charge in [-0.1, -0.05) is 30.7 Å². The van der Waals surface area contributed by atoms with Gasteiger partial charge in [-0.3, -0.25) is 18.7 Å². The first-order valence-electron chi connectivity index (χ1n) is 13.3. The zero-order valence-corrected chi connectivity index (χ0v) is 22.6. The van der Waals surface area contributed by atoms with Crippen molar-refractivity contribution in [1.29, 1.82) is 0 Å². The van der Waals surface area contributed by atoms with E-state index in [-0.39, 0.29) is 29.0 Å². The molecule has 38 heavy (non-hydrogen) atoms. The maximum atomic E-state index is 13.4. The number of aromatic nitrogens is 3. The molecule has 2 aliphatic heterocycles. The summed E-state index contributed by atoms with van der Waals surface area (Å²) < 4.78 is 8.89. The monoisotopic (exact) mass is 539 g/mol. The Kier molecular flexibility index (Phi) is 6.18. The molecule has 0 spiro atoms. The van der Waals surface area contributed by atoms with Crippen molar-refractivity contribution in [3.63, 3.8) is 0 Å². The van der Waals surface area contributed by atoms with Gasteiger partial charge in [-0.15, -0.1) is 0 Å². The minimum atomic E-state index is -1.07. The summed E-state index contributed by atoms with van der Waals surface area (Å²) in [6.45, 7) is 7.34. The molecule has 1 atom stereocenters. The van der Waals surface area contributed by atoms with Crippen LogP contribution in [0.1, 0.15) is 45.1 Å². The fourth-order valence-electron chi connectivity index (χ4n) is 5.72. The third kappa shape index (κ3) is 4.45. The number of morpholine rings is 1. The summed E-state index contributed by atoms with van der Waals surface area (Å²) in [4.78, 5) is 32.5. The molecule has 1 aliphatic carbocycles. The highest BCUT2D eigenvalue weighted by Gasteiger charge is 2.48. The minimum Gasteiger partial charge on any atom is -0.388 e. The predicted molar refractivity (Wildman–Crippen MR) is 145 cm³/mol. The van der Waals surface area contributed by atoms with Crippen LogP contribution in [-0.2, 0) is 21.6 Å². The molecule has 3 fully saturated rings. The molecular formula is C28H34ClN5O4. The molecule has 2 saturated heterocycles. The van der Waals surface area contributed by atoms with Crippen LogP contribution in [0.4, 0.5) is 0 Å². The van der Waals surface area contributed by atoms with E-state index in [1.165, 1.54) is 10.9 Å². The number of benzene rings is 1. The van der Waals surface area contributed by atoms with E-state index in [1.54, 1.807) is 10.6 Å². The van der Waals surface area contributed by atoms with E-state index in [9.17, 15) is 14.7 Å². The first-order valence-corrected chi connectivity index (χ1v) is 13.7. The van der Waals surface area contributed by atoms with E-state index in [2.05, 4.69) is 17.2 Å². The number of piperidine rings is 1. The van der Waals surface area contributed by atoms with E-state index >= 15 is 0 Å². The third-order valence-electron chi connectivity index (χ3n) is 8.62. The van der Waals surface area contributed by atoms with Gasteiger partial charge in [0.2, 0.25) is 5.91 Å². The van der Waals surface area contributed by atoms with E-state index in [1.807, 2.05) is 36.1 Å². The number of rotatable bonds is 5. The Bertz CT molecular complexity index is 1430. The number of carbonyl (C=O) groups excluding carboxylic acids is 1. The summed E-state index contributed by atoms with van der Waals surface area (Å²) in [5, 5.41) is 15.6. The average Bonchev–Trinajstić information content (AvgIpc) is 3.57. The van der Waals surface area contributed by atoms with Gasteiger partial charge < -0.3 is 20.1 Å². The summed E-state index contributed by atoms with van der Waals surface area (Å²) in [5.74, 6) is 0.182.